The third kappa shape index (κ3) is 3.64. The van der Waals surface area contributed by atoms with Gasteiger partial charge in [0.05, 0.1) is 17.6 Å². The fourth-order valence-corrected chi connectivity index (χ4v) is 2.87. The number of fused-ring (bicyclic) bond motifs is 1. The molecule has 0 aliphatic rings. The first-order chi connectivity index (χ1) is 13.2. The number of aryl methyl sites for hydroxylation is 1. The van der Waals surface area contributed by atoms with Crippen molar-refractivity contribution in [1.29, 1.82) is 0 Å². The van der Waals surface area contributed by atoms with Crippen molar-refractivity contribution in [2.24, 2.45) is 0 Å². The van der Waals surface area contributed by atoms with E-state index in [9.17, 15) is 4.79 Å². The molecule has 0 bridgehead atoms. The second kappa shape index (κ2) is 7.29. The summed E-state index contributed by atoms with van der Waals surface area (Å²) in [5.74, 6) is 0.308. The molecular formula is C21H18N4O2. The second-order valence-corrected chi connectivity index (χ2v) is 6.12. The third-order valence-corrected chi connectivity index (χ3v) is 4.16. The molecule has 1 N–H and O–H groups in total. The predicted octanol–water partition coefficient (Wildman–Crippen LogP) is 3.72. The number of nitrogens with zero attached hydrogens (tertiary/aromatic N) is 3. The van der Waals surface area contributed by atoms with Gasteiger partial charge in [-0.25, -0.2) is 4.98 Å². The summed E-state index contributed by atoms with van der Waals surface area (Å²) in [5, 5.41) is 2.90. The Hall–Kier alpha value is -3.67. The highest BCUT2D eigenvalue weighted by molar-refractivity contribution is 5.96. The zero-order valence-electron chi connectivity index (χ0n) is 14.8. The Labute approximate surface area is 156 Å². The lowest BCUT2D eigenvalue weighted by Crippen LogP contribution is -2.20. The monoisotopic (exact) mass is 358 g/mol. The zero-order valence-corrected chi connectivity index (χ0v) is 14.8. The lowest BCUT2D eigenvalue weighted by atomic mass is 10.1. The summed E-state index contributed by atoms with van der Waals surface area (Å²) >= 11 is 0. The normalized spacial score (nSPS) is 10.7. The van der Waals surface area contributed by atoms with Gasteiger partial charge in [0.15, 0.2) is 6.61 Å². The number of hydrogen-bond donors (Lipinski definition) is 1. The Morgan fingerprint density at radius 2 is 2.04 bits per heavy atom. The third-order valence-electron chi connectivity index (χ3n) is 4.16. The van der Waals surface area contributed by atoms with Crippen LogP contribution >= 0.6 is 0 Å². The number of para-hydroxylation sites is 1. The molecule has 4 rings (SSSR count). The molecule has 1 amide bonds. The molecule has 0 saturated heterocycles. The van der Waals surface area contributed by atoms with Gasteiger partial charge in [-0.2, -0.15) is 0 Å². The first-order valence-electron chi connectivity index (χ1n) is 8.57. The van der Waals surface area contributed by atoms with Crippen molar-refractivity contribution in [1.82, 2.24) is 14.4 Å². The van der Waals surface area contributed by atoms with Crippen molar-refractivity contribution in [3.05, 3.63) is 78.9 Å². The highest BCUT2D eigenvalue weighted by Gasteiger charge is 2.12. The fraction of sp³-hybridized carbons (Fsp3) is 0.0952. The molecule has 0 atom stereocenters. The van der Waals surface area contributed by atoms with Crippen LogP contribution in [0.5, 0.6) is 5.75 Å². The van der Waals surface area contributed by atoms with Crippen molar-refractivity contribution in [3.63, 3.8) is 0 Å². The fourth-order valence-electron chi connectivity index (χ4n) is 2.87. The van der Waals surface area contributed by atoms with Crippen molar-refractivity contribution in [3.8, 4) is 17.0 Å². The van der Waals surface area contributed by atoms with Crippen LogP contribution in [0.15, 0.2) is 73.3 Å². The lowest BCUT2D eigenvalue weighted by molar-refractivity contribution is -0.118. The number of pyridine rings is 2. The smallest absolute Gasteiger partial charge is 0.262 e. The van der Waals surface area contributed by atoms with E-state index in [2.05, 4.69) is 10.3 Å². The van der Waals surface area contributed by atoms with Crippen LogP contribution in [0, 0.1) is 6.92 Å². The molecule has 0 fully saturated rings. The molecule has 1 aromatic carbocycles. The van der Waals surface area contributed by atoms with Gasteiger partial charge in [-0.3, -0.25) is 9.78 Å². The van der Waals surface area contributed by atoms with E-state index in [0.29, 0.717) is 11.4 Å². The van der Waals surface area contributed by atoms with E-state index >= 15 is 0 Å². The maximum Gasteiger partial charge on any atom is 0.262 e. The highest BCUT2D eigenvalue weighted by Crippen LogP contribution is 2.28. The summed E-state index contributed by atoms with van der Waals surface area (Å²) < 4.78 is 7.44. The zero-order chi connectivity index (χ0) is 18.6. The van der Waals surface area contributed by atoms with Gasteiger partial charge in [0.1, 0.15) is 11.4 Å². The SMILES string of the molecule is Cc1cccn2cc(-c3ccccc3NC(=O)COc3cccnc3)nc12. The molecule has 4 aromatic rings. The number of aromatic nitrogens is 3. The summed E-state index contributed by atoms with van der Waals surface area (Å²) in [6.45, 7) is 1.93. The number of anilines is 1. The second-order valence-electron chi connectivity index (χ2n) is 6.12. The van der Waals surface area contributed by atoms with Crippen LogP contribution in [0.25, 0.3) is 16.9 Å². The summed E-state index contributed by atoms with van der Waals surface area (Å²) in [7, 11) is 0. The Balaban J connectivity index is 1.55. The van der Waals surface area contributed by atoms with Crippen LogP contribution in [0.1, 0.15) is 5.56 Å². The van der Waals surface area contributed by atoms with Crippen molar-refractivity contribution in [2.45, 2.75) is 6.92 Å². The standard InChI is InChI=1S/C21H18N4O2/c1-15-6-5-11-25-13-19(24-21(15)25)17-8-2-3-9-18(17)23-20(26)14-27-16-7-4-10-22-12-16/h2-13H,14H2,1H3,(H,23,26). The lowest BCUT2D eigenvalue weighted by Gasteiger charge is -2.10. The molecular weight excluding hydrogens is 340 g/mol. The van der Waals surface area contributed by atoms with E-state index in [1.54, 1.807) is 24.5 Å². The van der Waals surface area contributed by atoms with Crippen LogP contribution in [-0.2, 0) is 4.79 Å². The molecule has 0 radical (unpaired) electrons. The minimum Gasteiger partial charge on any atom is -0.482 e. The molecule has 3 aromatic heterocycles. The van der Waals surface area contributed by atoms with Gasteiger partial charge in [0, 0.05) is 24.2 Å². The number of rotatable bonds is 5. The van der Waals surface area contributed by atoms with E-state index in [-0.39, 0.29) is 12.5 Å². The number of amides is 1. The molecule has 3 heterocycles. The summed E-state index contributed by atoms with van der Waals surface area (Å²) in [6, 6.07) is 15.1. The maximum atomic E-state index is 12.3. The van der Waals surface area contributed by atoms with Crippen LogP contribution in [0.4, 0.5) is 5.69 Å². The number of imidazole rings is 1. The molecule has 134 valence electrons. The average Bonchev–Trinajstić information content (AvgIpc) is 3.13. The number of nitrogens with one attached hydrogen (secondary N) is 1. The highest BCUT2D eigenvalue weighted by atomic mass is 16.5. The number of carbonyl (C=O) groups excluding carboxylic acids is 1. The Bertz CT molecular complexity index is 1090. The maximum absolute atomic E-state index is 12.3. The van der Waals surface area contributed by atoms with Crippen LogP contribution < -0.4 is 10.1 Å². The van der Waals surface area contributed by atoms with Gasteiger partial charge in [0.25, 0.3) is 5.91 Å². The van der Waals surface area contributed by atoms with Gasteiger partial charge in [0.2, 0.25) is 0 Å². The molecule has 0 aliphatic heterocycles. The average molecular weight is 358 g/mol. The number of carbonyl (C=O) groups is 1. The minimum atomic E-state index is -0.244. The van der Waals surface area contributed by atoms with Gasteiger partial charge in [-0.15, -0.1) is 0 Å². The molecule has 0 unspecified atom stereocenters. The molecule has 0 aliphatic carbocycles. The number of benzene rings is 1. The molecule has 6 heteroatoms. The van der Waals surface area contributed by atoms with Crippen LogP contribution in [0.3, 0.4) is 0 Å². The van der Waals surface area contributed by atoms with Crippen molar-refractivity contribution < 1.29 is 9.53 Å². The van der Waals surface area contributed by atoms with E-state index in [4.69, 9.17) is 9.72 Å². The quantitative estimate of drug-likeness (QED) is 0.590. The van der Waals surface area contributed by atoms with Crippen LogP contribution in [-0.4, -0.2) is 26.9 Å². The van der Waals surface area contributed by atoms with Gasteiger partial charge < -0.3 is 14.5 Å². The first-order valence-corrected chi connectivity index (χ1v) is 8.57. The van der Waals surface area contributed by atoms with E-state index < -0.39 is 0 Å². The number of ether oxygens (including phenoxy) is 1. The van der Waals surface area contributed by atoms with E-state index in [1.165, 1.54) is 0 Å². The van der Waals surface area contributed by atoms with Crippen molar-refractivity contribution >= 4 is 17.2 Å². The minimum absolute atomic E-state index is 0.0930. The largest absolute Gasteiger partial charge is 0.482 e. The summed E-state index contributed by atoms with van der Waals surface area (Å²) in [6.07, 6.45) is 7.14. The molecule has 0 spiro atoms. The molecule has 6 nitrogen and oxygen atoms in total. The first kappa shape index (κ1) is 16.8. The molecule has 27 heavy (non-hydrogen) atoms. The summed E-state index contributed by atoms with van der Waals surface area (Å²) in [5.41, 5.74) is 4.34. The Kier molecular flexibility index (Phi) is 4.53. The van der Waals surface area contributed by atoms with Gasteiger partial charge >= 0.3 is 0 Å². The van der Waals surface area contributed by atoms with Gasteiger partial charge in [-0.1, -0.05) is 24.3 Å². The Morgan fingerprint density at radius 3 is 2.85 bits per heavy atom. The topological polar surface area (TPSA) is 68.5 Å². The Morgan fingerprint density at radius 1 is 1.15 bits per heavy atom. The van der Waals surface area contributed by atoms with E-state index in [0.717, 1.165) is 22.5 Å². The van der Waals surface area contributed by atoms with Crippen LogP contribution in [0.2, 0.25) is 0 Å². The van der Waals surface area contributed by atoms with E-state index in [1.807, 2.05) is 60.1 Å². The summed E-state index contributed by atoms with van der Waals surface area (Å²) in [4.78, 5) is 21.0. The van der Waals surface area contributed by atoms with Crippen molar-refractivity contribution in [2.75, 3.05) is 11.9 Å². The van der Waals surface area contributed by atoms with Gasteiger partial charge in [-0.05, 0) is 36.8 Å². The predicted molar refractivity (Wildman–Crippen MR) is 104 cm³/mol. The number of hydrogen-bond acceptors (Lipinski definition) is 4. The molecule has 0 saturated carbocycles.